The van der Waals surface area contributed by atoms with Crippen LogP contribution in [0.5, 0.6) is 0 Å². The van der Waals surface area contributed by atoms with Crippen LogP contribution in [0.1, 0.15) is 4.88 Å². The first-order chi connectivity index (χ1) is 6.95. The van der Waals surface area contributed by atoms with Gasteiger partial charge in [0.15, 0.2) is 0 Å². The van der Waals surface area contributed by atoms with E-state index in [-0.39, 0.29) is 0 Å². The van der Waals surface area contributed by atoms with Crippen molar-refractivity contribution in [3.05, 3.63) is 17.3 Å². The third-order valence-electron chi connectivity index (χ3n) is 1.85. The summed E-state index contributed by atoms with van der Waals surface area (Å²) in [7, 11) is 1.63. The summed E-state index contributed by atoms with van der Waals surface area (Å²) in [4.78, 5) is 15.0. The van der Waals surface area contributed by atoms with E-state index < -0.39 is 0 Å². The van der Waals surface area contributed by atoms with Crippen LogP contribution in [0.4, 0.5) is 5.69 Å². The zero-order valence-corrected chi connectivity index (χ0v) is 8.68. The molecule has 5 heteroatoms. The highest BCUT2D eigenvalue weighted by atomic mass is 32.1. The van der Waals surface area contributed by atoms with E-state index >= 15 is 0 Å². The number of hydrogen-bond acceptors (Lipinski definition) is 4. The molecule has 0 aliphatic carbocycles. The monoisotopic (exact) mass is 219 g/mol. The van der Waals surface area contributed by atoms with Gasteiger partial charge in [0, 0.05) is 29.3 Å². The van der Waals surface area contributed by atoms with Crippen LogP contribution >= 0.6 is 22.3 Å². The molecule has 1 aliphatic rings. The summed E-state index contributed by atoms with van der Waals surface area (Å²) in [6, 6.07) is 0. The normalized spacial score (nSPS) is 13.7. The van der Waals surface area contributed by atoms with Gasteiger partial charge in [0.2, 0.25) is 0 Å². The first kappa shape index (κ1) is 8.02. The molecular weight excluding hydrogens is 214 g/mol. The number of aromatic nitrogens is 2. The summed E-state index contributed by atoms with van der Waals surface area (Å²) in [5.41, 5.74) is 1.84. The van der Waals surface area contributed by atoms with Gasteiger partial charge >= 0.3 is 0 Å². The molecule has 0 fully saturated rings. The minimum atomic E-state index is 0.899. The molecule has 3 rings (SSSR count). The van der Waals surface area contributed by atoms with E-state index in [0.29, 0.717) is 0 Å². The van der Waals surface area contributed by atoms with Gasteiger partial charge in [-0.25, -0.2) is 9.97 Å². The summed E-state index contributed by atoms with van der Waals surface area (Å²) in [5, 5.41) is 4.03. The van der Waals surface area contributed by atoms with Gasteiger partial charge in [0.05, 0.1) is 4.88 Å². The minimum absolute atomic E-state index is 0.899. The van der Waals surface area contributed by atoms with Crippen LogP contribution in [0.25, 0.3) is 10.3 Å². The molecule has 0 bridgehead atoms. The fourth-order valence-corrected chi connectivity index (χ4v) is 2.90. The van der Waals surface area contributed by atoms with Gasteiger partial charge in [-0.15, -0.1) is 22.3 Å². The van der Waals surface area contributed by atoms with Crippen LogP contribution in [0, 0.1) is 0 Å². The predicted octanol–water partition coefficient (Wildman–Crippen LogP) is 2.09. The lowest BCUT2D eigenvalue weighted by Gasteiger charge is -1.88. The third-order valence-corrected chi connectivity index (χ3v) is 3.67. The summed E-state index contributed by atoms with van der Waals surface area (Å²) < 4.78 is 0. The lowest BCUT2D eigenvalue weighted by molar-refractivity contribution is 1.31. The Bertz CT molecular complexity index is 591. The van der Waals surface area contributed by atoms with Gasteiger partial charge < -0.3 is 0 Å². The van der Waals surface area contributed by atoms with E-state index in [1.54, 1.807) is 40.9 Å². The van der Waals surface area contributed by atoms with Crippen molar-refractivity contribution >= 4 is 55.3 Å². The molecule has 0 radical (unpaired) electrons. The van der Waals surface area contributed by atoms with Crippen LogP contribution < -0.4 is 0 Å². The van der Waals surface area contributed by atoms with E-state index in [9.17, 15) is 0 Å². The second-order valence-electron chi connectivity index (χ2n) is 2.69. The molecule has 1 aliphatic heterocycles. The van der Waals surface area contributed by atoms with Crippen molar-refractivity contribution < 1.29 is 0 Å². The van der Waals surface area contributed by atoms with Crippen LogP contribution in [-0.4, -0.2) is 26.9 Å². The minimum Gasteiger partial charge on any atom is -0.252 e. The highest BCUT2D eigenvalue weighted by Gasteiger charge is 2.11. The Labute approximate surface area is 87.7 Å². The Balaban J connectivity index is 2.46. The maximum atomic E-state index is 4.35. The second kappa shape index (κ2) is 3.11. The van der Waals surface area contributed by atoms with Crippen LogP contribution in [0.2, 0.25) is 0 Å². The zero-order chi connectivity index (χ0) is 9.38. The van der Waals surface area contributed by atoms with Crippen molar-refractivity contribution in [2.24, 2.45) is 4.99 Å². The van der Waals surface area contributed by atoms with Crippen molar-refractivity contribution in [2.75, 3.05) is 0 Å². The smallest absolute Gasteiger partial charge is 0.144 e. The molecule has 0 atom stereocenters. The van der Waals surface area contributed by atoms with Crippen molar-refractivity contribution in [1.29, 1.82) is 0 Å². The summed E-state index contributed by atoms with van der Waals surface area (Å²) in [6.07, 6.45) is 5.21. The van der Waals surface area contributed by atoms with Crippen molar-refractivity contribution in [3.8, 4) is 0 Å². The molecule has 14 heavy (non-hydrogen) atoms. The number of aliphatic imine (C=N–C) groups is 1. The van der Waals surface area contributed by atoms with Gasteiger partial charge in [-0.2, -0.15) is 0 Å². The van der Waals surface area contributed by atoms with Gasteiger partial charge in [0.25, 0.3) is 0 Å². The molecule has 3 nitrogen and oxygen atoms in total. The Kier molecular flexibility index (Phi) is 1.78. The molecular formula is C9H5N3S2. The highest BCUT2D eigenvalue weighted by Crippen LogP contribution is 2.34. The maximum absolute atomic E-state index is 4.35. The Morgan fingerprint density at radius 3 is 3.07 bits per heavy atom. The SMILES string of the molecule is C1=Nc2c(sc3nccnc23)C=S=C1. The van der Waals surface area contributed by atoms with E-state index in [0.717, 1.165) is 20.9 Å². The maximum Gasteiger partial charge on any atom is 0.144 e. The number of fused-ring (bicyclic) bond motifs is 3. The van der Waals surface area contributed by atoms with Crippen molar-refractivity contribution in [1.82, 2.24) is 9.97 Å². The molecule has 0 unspecified atom stereocenters. The Morgan fingerprint density at radius 2 is 2.07 bits per heavy atom. The van der Waals surface area contributed by atoms with E-state index in [4.69, 9.17) is 0 Å². The Morgan fingerprint density at radius 1 is 1.14 bits per heavy atom. The standard InChI is InChI=1S/C9H5N3S2/c1-2-12-9-8(10-1)7-6(14-9)5-13-4-3-11-7/h1-5H. The van der Waals surface area contributed by atoms with Crippen LogP contribution in [-0.2, 0) is 0 Å². The van der Waals surface area contributed by atoms with Gasteiger partial charge in [-0.3, -0.25) is 4.99 Å². The lowest BCUT2D eigenvalue weighted by atomic mass is 10.4. The lowest BCUT2D eigenvalue weighted by Crippen LogP contribution is -1.76. The topological polar surface area (TPSA) is 38.1 Å². The summed E-state index contributed by atoms with van der Waals surface area (Å²) in [5.74, 6) is 0. The van der Waals surface area contributed by atoms with E-state index in [1.165, 1.54) is 0 Å². The summed E-state index contributed by atoms with van der Waals surface area (Å²) in [6.45, 7) is 0. The molecule has 0 saturated heterocycles. The molecule has 68 valence electrons. The fraction of sp³-hybridized carbons (Fsp3) is 0. The van der Waals surface area contributed by atoms with Gasteiger partial charge in [-0.05, 0) is 0 Å². The number of hydrogen-bond donors (Lipinski definition) is 0. The predicted molar refractivity (Wildman–Crippen MR) is 64.4 cm³/mol. The molecule has 0 N–H and O–H groups in total. The fourth-order valence-electron chi connectivity index (χ4n) is 1.28. The highest BCUT2D eigenvalue weighted by molar-refractivity contribution is 7.97. The number of thiophene rings is 1. The molecule has 0 spiro atoms. The second-order valence-corrected chi connectivity index (χ2v) is 4.50. The molecule has 2 aromatic heterocycles. The average Bonchev–Trinajstić information content (AvgIpc) is 2.42. The van der Waals surface area contributed by atoms with Crippen LogP contribution in [0.3, 0.4) is 0 Å². The number of rotatable bonds is 0. The van der Waals surface area contributed by atoms with Crippen molar-refractivity contribution in [3.63, 3.8) is 0 Å². The third kappa shape index (κ3) is 1.13. The largest absolute Gasteiger partial charge is 0.252 e. The zero-order valence-electron chi connectivity index (χ0n) is 7.04. The molecule has 0 amide bonds. The Hall–Kier alpha value is -1.33. The summed E-state index contributed by atoms with van der Waals surface area (Å²) >= 11 is 1.63. The average molecular weight is 219 g/mol. The van der Waals surface area contributed by atoms with Gasteiger partial charge in [-0.1, -0.05) is 0 Å². The molecule has 3 heterocycles. The van der Waals surface area contributed by atoms with Crippen LogP contribution in [0.15, 0.2) is 17.4 Å². The van der Waals surface area contributed by atoms with Gasteiger partial charge in [0.1, 0.15) is 16.0 Å². The molecule has 0 aromatic carbocycles. The van der Waals surface area contributed by atoms with E-state index in [2.05, 4.69) is 20.3 Å². The quantitative estimate of drug-likeness (QED) is 0.636. The molecule has 2 aromatic rings. The first-order valence-corrected chi connectivity index (χ1v) is 5.79. The number of nitrogens with zero attached hydrogens (tertiary/aromatic N) is 3. The first-order valence-electron chi connectivity index (χ1n) is 4.03. The molecule has 0 saturated carbocycles. The van der Waals surface area contributed by atoms with Crippen molar-refractivity contribution in [2.45, 2.75) is 0 Å². The van der Waals surface area contributed by atoms with E-state index in [1.807, 2.05) is 5.37 Å².